The fraction of sp³-hybridized carbons (Fsp3) is 0.0952. The summed E-state index contributed by atoms with van der Waals surface area (Å²) in [6.07, 6.45) is 1.68. The lowest BCUT2D eigenvalue weighted by atomic mass is 10.2. The Hall–Kier alpha value is -2.20. The summed E-state index contributed by atoms with van der Waals surface area (Å²) >= 11 is 18.1. The molecule has 138 valence electrons. The maximum Gasteiger partial charge on any atom is 0.162 e. The molecule has 0 amide bonds. The Morgan fingerprint density at radius 2 is 1.59 bits per heavy atom. The zero-order valence-corrected chi connectivity index (χ0v) is 16.7. The van der Waals surface area contributed by atoms with E-state index in [0.717, 1.165) is 11.1 Å². The largest absolute Gasteiger partial charge is 0.493 e. The summed E-state index contributed by atoms with van der Waals surface area (Å²) in [6.45, 7) is 0.441. The van der Waals surface area contributed by atoms with Gasteiger partial charge in [0.15, 0.2) is 11.5 Å². The van der Waals surface area contributed by atoms with Crippen molar-refractivity contribution in [3.63, 3.8) is 0 Å². The molecular weight excluding hydrogens is 405 g/mol. The first-order valence-electron chi connectivity index (χ1n) is 8.10. The van der Waals surface area contributed by atoms with Gasteiger partial charge in [-0.05, 0) is 41.5 Å². The number of nitrogens with zero attached hydrogens (tertiary/aromatic N) is 1. The van der Waals surface area contributed by atoms with Gasteiger partial charge >= 0.3 is 0 Å². The Morgan fingerprint density at radius 1 is 0.852 bits per heavy atom. The molecule has 0 saturated heterocycles. The second-order valence-electron chi connectivity index (χ2n) is 5.66. The van der Waals surface area contributed by atoms with Gasteiger partial charge in [0.25, 0.3) is 0 Å². The van der Waals surface area contributed by atoms with Gasteiger partial charge < -0.3 is 9.47 Å². The molecule has 0 unspecified atom stereocenters. The number of benzene rings is 3. The zero-order valence-electron chi connectivity index (χ0n) is 14.5. The third-order valence-electron chi connectivity index (χ3n) is 3.77. The van der Waals surface area contributed by atoms with Gasteiger partial charge in [-0.3, -0.25) is 4.99 Å². The number of ether oxygens (including phenoxy) is 2. The highest BCUT2D eigenvalue weighted by molar-refractivity contribution is 6.43. The molecule has 3 aromatic carbocycles. The van der Waals surface area contributed by atoms with Crippen LogP contribution in [0.25, 0.3) is 0 Å². The van der Waals surface area contributed by atoms with Crippen molar-refractivity contribution in [3.8, 4) is 11.5 Å². The van der Waals surface area contributed by atoms with Crippen molar-refractivity contribution in [2.75, 3.05) is 7.11 Å². The van der Waals surface area contributed by atoms with E-state index >= 15 is 0 Å². The van der Waals surface area contributed by atoms with E-state index < -0.39 is 0 Å². The van der Waals surface area contributed by atoms with Crippen molar-refractivity contribution >= 4 is 46.7 Å². The van der Waals surface area contributed by atoms with Crippen LogP contribution in [0.3, 0.4) is 0 Å². The molecule has 3 rings (SSSR count). The molecule has 27 heavy (non-hydrogen) atoms. The van der Waals surface area contributed by atoms with Gasteiger partial charge in [0.05, 0.1) is 27.9 Å². The smallest absolute Gasteiger partial charge is 0.162 e. The van der Waals surface area contributed by atoms with Crippen LogP contribution in [0, 0.1) is 0 Å². The lowest BCUT2D eigenvalue weighted by Gasteiger charge is -2.11. The lowest BCUT2D eigenvalue weighted by molar-refractivity contribution is 0.284. The molecule has 0 fully saturated rings. The van der Waals surface area contributed by atoms with Gasteiger partial charge in [0, 0.05) is 6.21 Å². The Kier molecular flexibility index (Phi) is 6.62. The summed E-state index contributed by atoms with van der Waals surface area (Å²) in [5, 5.41) is 1.21. The predicted molar refractivity (Wildman–Crippen MR) is 112 cm³/mol. The predicted octanol–water partition coefficient (Wildman–Crippen LogP) is 6.99. The highest BCUT2D eigenvalue weighted by Crippen LogP contribution is 2.34. The third kappa shape index (κ3) is 5.16. The van der Waals surface area contributed by atoms with E-state index in [9.17, 15) is 0 Å². The van der Waals surface area contributed by atoms with Crippen LogP contribution in [0.15, 0.2) is 65.7 Å². The number of hydrogen-bond donors (Lipinski definition) is 0. The molecule has 6 heteroatoms. The standard InChI is InChI=1S/C21H16Cl3NO2/c1-26-20-8-7-15(9-21(20)27-13-14-5-3-2-4-6-14)12-25-19-11-17(23)16(22)10-18(19)24/h2-12H,13H2,1H3. The van der Waals surface area contributed by atoms with Crippen LogP contribution in [0.2, 0.25) is 15.1 Å². The van der Waals surface area contributed by atoms with Crippen LogP contribution in [-0.4, -0.2) is 13.3 Å². The molecule has 0 aliphatic carbocycles. The van der Waals surface area contributed by atoms with Crippen molar-refractivity contribution in [2.45, 2.75) is 6.61 Å². The fourth-order valence-corrected chi connectivity index (χ4v) is 2.97. The Morgan fingerprint density at radius 3 is 2.33 bits per heavy atom. The highest BCUT2D eigenvalue weighted by atomic mass is 35.5. The molecule has 3 aromatic rings. The second-order valence-corrected chi connectivity index (χ2v) is 6.88. The van der Waals surface area contributed by atoms with Gasteiger partial charge in [0.2, 0.25) is 0 Å². The molecule has 0 spiro atoms. The van der Waals surface area contributed by atoms with E-state index in [0.29, 0.717) is 38.9 Å². The lowest BCUT2D eigenvalue weighted by Crippen LogP contribution is -1.98. The summed E-state index contributed by atoms with van der Waals surface area (Å²) in [6, 6.07) is 18.7. The van der Waals surface area contributed by atoms with E-state index in [2.05, 4.69) is 4.99 Å². The van der Waals surface area contributed by atoms with Crippen LogP contribution >= 0.6 is 34.8 Å². The Balaban J connectivity index is 1.81. The Labute approximate surface area is 173 Å². The first kappa shape index (κ1) is 19.6. The maximum absolute atomic E-state index is 6.16. The topological polar surface area (TPSA) is 30.8 Å². The molecule has 0 atom stereocenters. The third-order valence-corrected chi connectivity index (χ3v) is 4.79. The van der Waals surface area contributed by atoms with Crippen molar-refractivity contribution in [1.29, 1.82) is 0 Å². The average molecular weight is 421 g/mol. The van der Waals surface area contributed by atoms with Crippen molar-refractivity contribution in [3.05, 3.63) is 86.9 Å². The Bertz CT molecular complexity index is 959. The molecule has 0 bridgehead atoms. The van der Waals surface area contributed by atoms with Gasteiger partial charge in [-0.1, -0.05) is 65.1 Å². The number of halogens is 3. The summed E-state index contributed by atoms with van der Waals surface area (Å²) in [5.74, 6) is 1.28. The maximum atomic E-state index is 6.16. The SMILES string of the molecule is COc1ccc(C=Nc2cc(Cl)c(Cl)cc2Cl)cc1OCc1ccccc1. The number of aliphatic imine (C=N–C) groups is 1. The van der Waals surface area contributed by atoms with Crippen molar-refractivity contribution < 1.29 is 9.47 Å². The minimum Gasteiger partial charge on any atom is -0.493 e. The van der Waals surface area contributed by atoms with Crippen LogP contribution < -0.4 is 9.47 Å². The monoisotopic (exact) mass is 419 g/mol. The minimum atomic E-state index is 0.390. The number of hydrogen-bond acceptors (Lipinski definition) is 3. The van der Waals surface area contributed by atoms with Crippen molar-refractivity contribution in [1.82, 2.24) is 0 Å². The number of methoxy groups -OCH3 is 1. The molecule has 0 heterocycles. The van der Waals surface area contributed by atoms with Crippen LogP contribution in [0.5, 0.6) is 11.5 Å². The summed E-state index contributed by atoms with van der Waals surface area (Å²) < 4.78 is 11.3. The molecule has 0 aromatic heterocycles. The van der Waals surface area contributed by atoms with Crippen LogP contribution in [0.1, 0.15) is 11.1 Å². The quantitative estimate of drug-likeness (QED) is 0.318. The first-order valence-corrected chi connectivity index (χ1v) is 9.23. The molecule has 0 aliphatic heterocycles. The van der Waals surface area contributed by atoms with E-state index in [1.807, 2.05) is 48.5 Å². The molecule has 0 aliphatic rings. The zero-order chi connectivity index (χ0) is 19.2. The van der Waals surface area contributed by atoms with Gasteiger partial charge in [-0.25, -0.2) is 0 Å². The second kappa shape index (κ2) is 9.14. The van der Waals surface area contributed by atoms with Crippen LogP contribution in [-0.2, 0) is 6.61 Å². The fourth-order valence-electron chi connectivity index (χ4n) is 2.38. The van der Waals surface area contributed by atoms with Gasteiger partial charge in [-0.15, -0.1) is 0 Å². The highest BCUT2D eigenvalue weighted by Gasteiger charge is 2.07. The van der Waals surface area contributed by atoms with Crippen molar-refractivity contribution in [2.24, 2.45) is 4.99 Å². The molecule has 0 N–H and O–H groups in total. The normalized spacial score (nSPS) is 11.0. The average Bonchev–Trinajstić information content (AvgIpc) is 2.69. The summed E-state index contributed by atoms with van der Waals surface area (Å²) in [4.78, 5) is 4.40. The molecule has 0 radical (unpaired) electrons. The minimum absolute atomic E-state index is 0.390. The summed E-state index contributed by atoms with van der Waals surface area (Å²) in [5.41, 5.74) is 2.44. The van der Waals surface area contributed by atoms with Gasteiger partial charge in [0.1, 0.15) is 6.61 Å². The summed E-state index contributed by atoms with van der Waals surface area (Å²) in [7, 11) is 1.61. The first-order chi connectivity index (χ1) is 13.1. The van der Waals surface area contributed by atoms with Crippen LogP contribution in [0.4, 0.5) is 5.69 Å². The molecular formula is C21H16Cl3NO2. The van der Waals surface area contributed by atoms with E-state index in [1.165, 1.54) is 0 Å². The molecule has 0 saturated carbocycles. The molecule has 3 nitrogen and oxygen atoms in total. The van der Waals surface area contributed by atoms with Gasteiger partial charge in [-0.2, -0.15) is 0 Å². The number of rotatable bonds is 6. The van der Waals surface area contributed by atoms with E-state index in [4.69, 9.17) is 44.3 Å². The van der Waals surface area contributed by atoms with E-state index in [-0.39, 0.29) is 0 Å². The van der Waals surface area contributed by atoms with E-state index in [1.54, 1.807) is 25.5 Å².